The Morgan fingerprint density at radius 1 is 1.15 bits per heavy atom. The first-order valence-electron chi connectivity index (χ1n) is 11.9. The predicted octanol–water partition coefficient (Wildman–Crippen LogP) is 4.12. The fourth-order valence-electron chi connectivity index (χ4n) is 5.35. The number of nitrogens with zero attached hydrogens (tertiary/aromatic N) is 2. The Balaban J connectivity index is 1.61. The number of carbonyl (C=O) groups excluding carboxylic acids is 2. The third kappa shape index (κ3) is 3.61. The molecule has 1 N–H and O–H groups in total. The lowest BCUT2D eigenvalue weighted by Crippen LogP contribution is -2.64. The zero-order chi connectivity index (χ0) is 23.9. The van der Waals surface area contributed by atoms with Crippen molar-refractivity contribution < 1.29 is 23.5 Å². The summed E-state index contributed by atoms with van der Waals surface area (Å²) in [4.78, 5) is 29.4. The number of aromatic nitrogens is 1. The maximum Gasteiger partial charge on any atom is 0.271 e. The van der Waals surface area contributed by atoms with Crippen LogP contribution in [-0.4, -0.2) is 47.1 Å². The number of benzene rings is 1. The molecule has 8 heteroatoms. The number of amides is 2. The summed E-state index contributed by atoms with van der Waals surface area (Å²) in [6.07, 6.45) is 6.94. The quantitative estimate of drug-likeness (QED) is 0.592. The van der Waals surface area contributed by atoms with Crippen LogP contribution in [0.15, 0.2) is 41.0 Å². The molecule has 5 rings (SSSR count). The number of fused-ring (bicyclic) bond motifs is 3. The van der Waals surface area contributed by atoms with Crippen molar-refractivity contribution in [3.63, 3.8) is 0 Å². The third-order valence-electron chi connectivity index (χ3n) is 7.27. The third-order valence-corrected chi connectivity index (χ3v) is 7.27. The first kappa shape index (κ1) is 22.4. The van der Waals surface area contributed by atoms with Crippen LogP contribution >= 0.6 is 0 Å². The number of hydrogen-bond donors (Lipinski definition) is 1. The Hall–Kier alpha value is -3.42. The molecule has 3 heterocycles. The zero-order valence-electron chi connectivity index (χ0n) is 19.9. The topological polar surface area (TPSA) is 85.9 Å². The Morgan fingerprint density at radius 3 is 2.56 bits per heavy atom. The van der Waals surface area contributed by atoms with Gasteiger partial charge in [0.25, 0.3) is 5.91 Å². The highest BCUT2D eigenvalue weighted by molar-refractivity contribution is 6.05. The minimum absolute atomic E-state index is 0.135. The van der Waals surface area contributed by atoms with Crippen LogP contribution in [0.4, 0.5) is 0 Å². The molecule has 1 aliphatic heterocycles. The van der Waals surface area contributed by atoms with Crippen molar-refractivity contribution in [3.8, 4) is 11.5 Å². The first-order valence-corrected chi connectivity index (χ1v) is 11.9. The Kier molecular flexibility index (Phi) is 5.75. The number of ether oxygens (including phenoxy) is 2. The molecular formula is C26H31N3O5. The van der Waals surface area contributed by atoms with Gasteiger partial charge in [-0.15, -0.1) is 0 Å². The molecule has 2 aromatic heterocycles. The summed E-state index contributed by atoms with van der Waals surface area (Å²) in [5.41, 5.74) is 0.126. The molecule has 2 amide bonds. The molecule has 8 nitrogen and oxygen atoms in total. The zero-order valence-corrected chi connectivity index (χ0v) is 19.9. The summed E-state index contributed by atoms with van der Waals surface area (Å²) in [7, 11) is 3.20. The molecule has 2 aliphatic rings. The lowest BCUT2D eigenvalue weighted by atomic mass is 9.91. The lowest BCUT2D eigenvalue weighted by Gasteiger charge is -2.44. The highest BCUT2D eigenvalue weighted by Crippen LogP contribution is 2.40. The lowest BCUT2D eigenvalue weighted by molar-refractivity contribution is -0.134. The maximum absolute atomic E-state index is 13.9. The van der Waals surface area contributed by atoms with Gasteiger partial charge in [-0.3, -0.25) is 9.59 Å². The van der Waals surface area contributed by atoms with Crippen molar-refractivity contribution in [1.29, 1.82) is 0 Å². The minimum Gasteiger partial charge on any atom is -0.496 e. The monoisotopic (exact) mass is 465 g/mol. The molecule has 1 saturated carbocycles. The highest BCUT2D eigenvalue weighted by Gasteiger charge is 2.49. The van der Waals surface area contributed by atoms with Crippen molar-refractivity contribution in [2.24, 2.45) is 0 Å². The van der Waals surface area contributed by atoms with Gasteiger partial charge in [-0.2, -0.15) is 0 Å². The van der Waals surface area contributed by atoms with Crippen LogP contribution in [0, 0.1) is 0 Å². The molecule has 34 heavy (non-hydrogen) atoms. The normalized spacial score (nSPS) is 20.9. The van der Waals surface area contributed by atoms with Crippen molar-refractivity contribution in [2.75, 3.05) is 14.2 Å². The van der Waals surface area contributed by atoms with Gasteiger partial charge in [0.2, 0.25) is 5.91 Å². The van der Waals surface area contributed by atoms with Crippen LogP contribution in [0.1, 0.15) is 55.3 Å². The number of carbonyl (C=O) groups is 2. The van der Waals surface area contributed by atoms with Gasteiger partial charge in [-0.25, -0.2) is 0 Å². The average molecular weight is 466 g/mol. The van der Waals surface area contributed by atoms with E-state index < -0.39 is 5.54 Å². The smallest absolute Gasteiger partial charge is 0.271 e. The predicted molar refractivity (Wildman–Crippen MR) is 127 cm³/mol. The van der Waals surface area contributed by atoms with Crippen molar-refractivity contribution in [1.82, 2.24) is 14.8 Å². The molecule has 3 aromatic rings. The average Bonchev–Trinajstić information content (AvgIpc) is 3.50. The molecule has 1 fully saturated rings. The van der Waals surface area contributed by atoms with Crippen molar-refractivity contribution in [2.45, 2.75) is 63.7 Å². The van der Waals surface area contributed by atoms with Crippen LogP contribution in [0.3, 0.4) is 0 Å². The van der Waals surface area contributed by atoms with Crippen LogP contribution in [0.5, 0.6) is 11.5 Å². The van der Waals surface area contributed by atoms with E-state index in [9.17, 15) is 9.59 Å². The van der Waals surface area contributed by atoms with E-state index in [4.69, 9.17) is 13.9 Å². The second kappa shape index (κ2) is 8.74. The molecule has 0 saturated heterocycles. The summed E-state index contributed by atoms with van der Waals surface area (Å²) < 4.78 is 18.7. The number of methoxy groups -OCH3 is 2. The van der Waals surface area contributed by atoms with Gasteiger partial charge in [0.1, 0.15) is 28.5 Å². The fraction of sp³-hybridized carbons (Fsp3) is 0.462. The first-order chi connectivity index (χ1) is 16.5. The summed E-state index contributed by atoms with van der Waals surface area (Å²) >= 11 is 0. The van der Waals surface area contributed by atoms with Gasteiger partial charge >= 0.3 is 0 Å². The molecule has 1 aliphatic carbocycles. The van der Waals surface area contributed by atoms with E-state index in [0.29, 0.717) is 29.5 Å². The highest BCUT2D eigenvalue weighted by atomic mass is 16.5. The van der Waals surface area contributed by atoms with E-state index in [-0.39, 0.29) is 24.4 Å². The van der Waals surface area contributed by atoms with Crippen LogP contribution in [0.2, 0.25) is 0 Å². The van der Waals surface area contributed by atoms with Gasteiger partial charge < -0.3 is 28.7 Å². The van der Waals surface area contributed by atoms with Gasteiger partial charge in [-0.05, 0) is 50.1 Å². The molecule has 180 valence electrons. The van der Waals surface area contributed by atoms with Crippen molar-refractivity contribution >= 4 is 22.7 Å². The van der Waals surface area contributed by atoms with E-state index in [1.54, 1.807) is 31.4 Å². The van der Waals surface area contributed by atoms with Crippen LogP contribution < -0.4 is 14.8 Å². The van der Waals surface area contributed by atoms with E-state index >= 15 is 0 Å². The summed E-state index contributed by atoms with van der Waals surface area (Å²) in [5, 5.41) is 4.03. The van der Waals surface area contributed by atoms with Crippen LogP contribution in [0.25, 0.3) is 10.9 Å². The molecular weight excluding hydrogens is 434 g/mol. The molecule has 0 spiro atoms. The van der Waals surface area contributed by atoms with Gasteiger partial charge in [-0.1, -0.05) is 19.3 Å². The van der Waals surface area contributed by atoms with Gasteiger partial charge in [0, 0.05) is 11.4 Å². The molecule has 0 radical (unpaired) electrons. The fourth-order valence-corrected chi connectivity index (χ4v) is 5.35. The number of furan rings is 1. The largest absolute Gasteiger partial charge is 0.496 e. The molecule has 0 bridgehead atoms. The van der Waals surface area contributed by atoms with Crippen LogP contribution in [-0.2, 0) is 17.9 Å². The second-order valence-corrected chi connectivity index (χ2v) is 9.40. The van der Waals surface area contributed by atoms with E-state index in [1.807, 2.05) is 35.8 Å². The van der Waals surface area contributed by atoms with E-state index in [1.165, 1.54) is 6.42 Å². The van der Waals surface area contributed by atoms with Gasteiger partial charge in [0.05, 0.1) is 39.1 Å². The molecule has 1 aromatic carbocycles. The van der Waals surface area contributed by atoms with E-state index in [2.05, 4.69) is 5.32 Å². The number of hydrogen-bond acceptors (Lipinski definition) is 5. The number of rotatable bonds is 6. The van der Waals surface area contributed by atoms with E-state index in [0.717, 1.165) is 36.6 Å². The summed E-state index contributed by atoms with van der Waals surface area (Å²) in [5.74, 6) is 1.53. The molecule has 0 unspecified atom stereocenters. The van der Waals surface area contributed by atoms with Crippen molar-refractivity contribution in [3.05, 3.63) is 48.0 Å². The maximum atomic E-state index is 13.9. The second-order valence-electron chi connectivity index (χ2n) is 9.40. The Labute approximate surface area is 198 Å². The van der Waals surface area contributed by atoms with Gasteiger partial charge in [0.15, 0.2) is 0 Å². The minimum atomic E-state index is -1.12. The standard InChI is InChI=1S/C26H31N3O5/c1-26(25(31)27-17-8-5-4-6-9-17)16-28-20(24(30)29(26)15-18-10-7-13-34-18)14-19-21(32-2)11-12-22(33-3)23(19)28/h7,10-14,17H,4-6,8-9,15-16H2,1-3H3,(H,27,31)/t26-/m0/s1. The SMILES string of the molecule is COc1ccc(OC)c2c1cc1n2C[C@@](C)(C(=O)NC2CCCCC2)N(Cc2ccco2)C1=O. The summed E-state index contributed by atoms with van der Waals surface area (Å²) in [6, 6.07) is 9.23. The Bertz CT molecular complexity index is 1210. The number of nitrogens with one attached hydrogen (secondary N) is 1. The summed E-state index contributed by atoms with van der Waals surface area (Å²) in [6.45, 7) is 2.34. The Morgan fingerprint density at radius 2 is 1.88 bits per heavy atom. The molecule has 1 atom stereocenters.